The van der Waals surface area contributed by atoms with Crippen LogP contribution in [0.5, 0.6) is 0 Å². The molecule has 1 unspecified atom stereocenters. The number of piperazine rings is 1. The molecule has 1 aromatic heterocycles. The molecule has 0 spiro atoms. The zero-order chi connectivity index (χ0) is 24.4. The third kappa shape index (κ3) is 4.95. The van der Waals surface area contributed by atoms with Crippen LogP contribution in [0, 0.1) is 23.4 Å². The van der Waals surface area contributed by atoms with Gasteiger partial charge < -0.3 is 15.1 Å². The molecule has 0 bridgehead atoms. The summed E-state index contributed by atoms with van der Waals surface area (Å²) in [6.45, 7) is 4.72. The largest absolute Gasteiger partial charge is 0.341 e. The Hall–Kier alpha value is -3.70. The van der Waals surface area contributed by atoms with Gasteiger partial charge in [-0.2, -0.15) is 10.1 Å². The molecule has 0 radical (unpaired) electrons. The number of aromatic nitrogens is 2. The molecular weight excluding hydrogens is 451 g/mol. The number of rotatable bonds is 4. The summed E-state index contributed by atoms with van der Waals surface area (Å²) in [6.07, 6.45) is 2.89. The summed E-state index contributed by atoms with van der Waals surface area (Å²) in [7, 11) is 0. The summed E-state index contributed by atoms with van der Waals surface area (Å²) in [6, 6.07) is 2.20. The van der Waals surface area contributed by atoms with Gasteiger partial charge in [-0.3, -0.25) is 4.79 Å². The minimum absolute atomic E-state index is 0.196. The van der Waals surface area contributed by atoms with Crippen molar-refractivity contribution >= 4 is 29.9 Å². The third-order valence-electron chi connectivity index (χ3n) is 5.63. The SMILES string of the molecule is CC(C)C(=O)Nc1nc(N2CCN(C(=O)N3N=CCC3c3cc(F)cc(F)c3)CC2)ncc1F. The van der Waals surface area contributed by atoms with Gasteiger partial charge in [0.1, 0.15) is 11.6 Å². The van der Waals surface area contributed by atoms with E-state index >= 15 is 0 Å². The van der Waals surface area contributed by atoms with E-state index in [0.717, 1.165) is 12.3 Å². The topological polar surface area (TPSA) is 94.0 Å². The highest BCUT2D eigenvalue weighted by Gasteiger charge is 2.34. The molecule has 180 valence electrons. The van der Waals surface area contributed by atoms with E-state index in [1.807, 2.05) is 0 Å². The lowest BCUT2D eigenvalue weighted by atomic mass is 10.0. The summed E-state index contributed by atoms with van der Waals surface area (Å²) in [5.41, 5.74) is 0.331. The summed E-state index contributed by atoms with van der Waals surface area (Å²) in [5.74, 6) is -2.83. The van der Waals surface area contributed by atoms with Crippen LogP contribution in [0.15, 0.2) is 29.5 Å². The number of hydrogen-bond acceptors (Lipinski definition) is 6. The number of carbonyl (C=O) groups excluding carboxylic acids is 2. The van der Waals surface area contributed by atoms with Crippen molar-refractivity contribution in [3.8, 4) is 0 Å². The molecule has 34 heavy (non-hydrogen) atoms. The van der Waals surface area contributed by atoms with Crippen LogP contribution in [0.3, 0.4) is 0 Å². The highest BCUT2D eigenvalue weighted by Crippen LogP contribution is 2.30. The van der Waals surface area contributed by atoms with Crippen LogP contribution in [0.1, 0.15) is 31.9 Å². The number of carbonyl (C=O) groups is 2. The first-order chi connectivity index (χ1) is 16.2. The van der Waals surface area contributed by atoms with Gasteiger partial charge in [-0.1, -0.05) is 13.8 Å². The Bertz CT molecular complexity index is 1100. The van der Waals surface area contributed by atoms with Crippen LogP contribution in [-0.2, 0) is 4.79 Å². The lowest BCUT2D eigenvalue weighted by Gasteiger charge is -2.37. The van der Waals surface area contributed by atoms with Gasteiger partial charge in [-0.25, -0.2) is 28.0 Å². The maximum absolute atomic E-state index is 14.1. The lowest BCUT2D eigenvalue weighted by Crippen LogP contribution is -2.52. The number of amides is 3. The van der Waals surface area contributed by atoms with E-state index < -0.39 is 23.5 Å². The monoisotopic (exact) mass is 475 g/mol. The van der Waals surface area contributed by atoms with Crippen molar-refractivity contribution in [1.29, 1.82) is 0 Å². The number of nitrogens with zero attached hydrogens (tertiary/aromatic N) is 6. The Morgan fingerprint density at radius 1 is 1.06 bits per heavy atom. The maximum atomic E-state index is 14.1. The maximum Gasteiger partial charge on any atom is 0.341 e. The normalized spacial score (nSPS) is 18.1. The highest BCUT2D eigenvalue weighted by atomic mass is 19.1. The number of hydrogen-bond donors (Lipinski definition) is 1. The first-order valence-electron chi connectivity index (χ1n) is 10.9. The molecule has 2 aliphatic rings. The van der Waals surface area contributed by atoms with Crippen molar-refractivity contribution < 1.29 is 22.8 Å². The van der Waals surface area contributed by atoms with Gasteiger partial charge in [0.15, 0.2) is 11.6 Å². The van der Waals surface area contributed by atoms with Crippen LogP contribution in [-0.4, -0.2) is 64.2 Å². The summed E-state index contributed by atoms with van der Waals surface area (Å²) in [4.78, 5) is 36.5. The third-order valence-corrected chi connectivity index (χ3v) is 5.63. The average molecular weight is 475 g/mol. The van der Waals surface area contributed by atoms with E-state index in [2.05, 4.69) is 20.4 Å². The molecule has 1 aromatic carbocycles. The number of anilines is 2. The smallest absolute Gasteiger partial charge is 0.337 e. The van der Waals surface area contributed by atoms with Crippen LogP contribution in [0.25, 0.3) is 0 Å². The second-order valence-electron chi connectivity index (χ2n) is 8.36. The molecule has 2 aromatic rings. The Morgan fingerprint density at radius 2 is 1.74 bits per heavy atom. The molecule has 3 amide bonds. The summed E-state index contributed by atoms with van der Waals surface area (Å²) >= 11 is 0. The molecule has 1 saturated heterocycles. The Morgan fingerprint density at radius 3 is 2.38 bits per heavy atom. The first-order valence-corrected chi connectivity index (χ1v) is 10.9. The molecule has 0 aliphatic carbocycles. The molecule has 1 N–H and O–H groups in total. The van der Waals surface area contributed by atoms with E-state index in [4.69, 9.17) is 0 Å². The van der Waals surface area contributed by atoms with Crippen LogP contribution in [0.4, 0.5) is 29.7 Å². The summed E-state index contributed by atoms with van der Waals surface area (Å²) < 4.78 is 41.4. The van der Waals surface area contributed by atoms with Crippen molar-refractivity contribution in [2.45, 2.75) is 26.3 Å². The van der Waals surface area contributed by atoms with E-state index in [0.29, 0.717) is 38.2 Å². The molecule has 4 rings (SSSR count). The summed E-state index contributed by atoms with van der Waals surface area (Å²) in [5, 5.41) is 7.80. The van der Waals surface area contributed by atoms with Crippen molar-refractivity contribution in [2.75, 3.05) is 36.4 Å². The fourth-order valence-corrected chi connectivity index (χ4v) is 3.74. The predicted octanol–water partition coefficient (Wildman–Crippen LogP) is 3.16. The first kappa shape index (κ1) is 23.5. The molecule has 3 heterocycles. The number of nitrogens with one attached hydrogen (secondary N) is 1. The van der Waals surface area contributed by atoms with Crippen LogP contribution in [0.2, 0.25) is 0 Å². The molecular formula is C22H24F3N7O2. The second-order valence-corrected chi connectivity index (χ2v) is 8.36. The number of urea groups is 1. The van der Waals surface area contributed by atoms with E-state index in [1.165, 1.54) is 17.1 Å². The minimum atomic E-state index is -0.738. The van der Waals surface area contributed by atoms with E-state index in [-0.39, 0.29) is 29.6 Å². The minimum Gasteiger partial charge on any atom is -0.337 e. The van der Waals surface area contributed by atoms with Crippen LogP contribution >= 0.6 is 0 Å². The van der Waals surface area contributed by atoms with Gasteiger partial charge in [0.05, 0.1) is 12.2 Å². The molecule has 0 saturated carbocycles. The molecule has 2 aliphatic heterocycles. The standard InChI is InChI=1S/C22H24F3N7O2/c1-13(2)20(33)28-19-17(25)12-26-21(29-19)30-5-7-31(8-6-30)22(34)32-18(3-4-27-32)14-9-15(23)11-16(24)10-14/h4,9-13,18H,3,5-8H2,1-2H3,(H,26,28,29,33). The quantitative estimate of drug-likeness (QED) is 0.733. The van der Waals surface area contributed by atoms with E-state index in [1.54, 1.807) is 29.9 Å². The zero-order valence-electron chi connectivity index (χ0n) is 18.7. The number of benzene rings is 1. The Labute approximate surface area is 194 Å². The Kier molecular flexibility index (Phi) is 6.66. The van der Waals surface area contributed by atoms with Crippen molar-refractivity contribution in [3.05, 3.63) is 47.4 Å². The van der Waals surface area contributed by atoms with Crippen molar-refractivity contribution in [1.82, 2.24) is 19.9 Å². The molecule has 1 fully saturated rings. The van der Waals surface area contributed by atoms with Crippen molar-refractivity contribution in [2.24, 2.45) is 11.0 Å². The van der Waals surface area contributed by atoms with Gasteiger partial charge in [0, 0.05) is 50.8 Å². The molecule has 9 nitrogen and oxygen atoms in total. The van der Waals surface area contributed by atoms with Gasteiger partial charge >= 0.3 is 6.03 Å². The highest BCUT2D eigenvalue weighted by molar-refractivity contribution is 5.91. The predicted molar refractivity (Wildman–Crippen MR) is 119 cm³/mol. The fourth-order valence-electron chi connectivity index (χ4n) is 3.74. The van der Waals surface area contributed by atoms with Gasteiger partial charge in [-0.05, 0) is 17.7 Å². The van der Waals surface area contributed by atoms with Gasteiger partial charge in [0.25, 0.3) is 0 Å². The fraction of sp³-hybridized carbons (Fsp3) is 0.409. The van der Waals surface area contributed by atoms with E-state index in [9.17, 15) is 22.8 Å². The molecule has 12 heteroatoms. The average Bonchev–Trinajstić information content (AvgIpc) is 3.29. The Balaban J connectivity index is 1.41. The number of halogens is 3. The van der Waals surface area contributed by atoms with Crippen LogP contribution < -0.4 is 10.2 Å². The molecule has 1 atom stereocenters. The second kappa shape index (κ2) is 9.65. The van der Waals surface area contributed by atoms with Gasteiger partial charge in [-0.15, -0.1) is 0 Å². The van der Waals surface area contributed by atoms with Gasteiger partial charge in [0.2, 0.25) is 11.9 Å². The van der Waals surface area contributed by atoms with Crippen molar-refractivity contribution in [3.63, 3.8) is 0 Å². The zero-order valence-corrected chi connectivity index (χ0v) is 18.7. The lowest BCUT2D eigenvalue weighted by molar-refractivity contribution is -0.118. The number of hydrazone groups is 1.